The number of Topliss-reactive ketones (excluding diaryl/α,β-unsaturated/α-hetero) is 1. The van der Waals surface area contributed by atoms with Gasteiger partial charge in [0.05, 0.1) is 30.3 Å². The largest absolute Gasteiger partial charge is 0.446 e. The molecule has 6 rings (SSSR count). The average Bonchev–Trinajstić information content (AvgIpc) is 3.75. The lowest BCUT2D eigenvalue weighted by Gasteiger charge is -2.66. The second-order valence-corrected chi connectivity index (χ2v) is 13.7. The molecule has 42 heavy (non-hydrogen) atoms. The summed E-state index contributed by atoms with van der Waals surface area (Å²) >= 11 is -1.27. The summed E-state index contributed by atoms with van der Waals surface area (Å²) in [6.07, 6.45) is -4.99. The number of aliphatic hydroxyl groups excluding tert-OH is 2. The summed E-state index contributed by atoms with van der Waals surface area (Å²) < 4.78 is 27.6. The Kier molecular flexibility index (Phi) is 7.44. The first-order valence-corrected chi connectivity index (χ1v) is 16.5. The van der Waals surface area contributed by atoms with Crippen LogP contribution < -0.4 is 0 Å². The smallest absolute Gasteiger partial charge is 0.361 e. The van der Waals surface area contributed by atoms with Crippen LogP contribution in [0.15, 0.2) is 59.3 Å². The van der Waals surface area contributed by atoms with Gasteiger partial charge in [0.1, 0.15) is 17.8 Å². The van der Waals surface area contributed by atoms with Gasteiger partial charge in [-0.2, -0.15) is 0 Å². The minimum Gasteiger partial charge on any atom is -0.446 e. The van der Waals surface area contributed by atoms with E-state index in [0.717, 1.165) is 5.56 Å². The monoisotopic (exact) mass is 695 g/mol. The molecule has 11 nitrogen and oxygen atoms in total. The molecule has 226 valence electrons. The number of nitroso groups, excluding NO2 is 1. The molecule has 3 aliphatic carbocycles. The number of benzene rings is 1. The van der Waals surface area contributed by atoms with Gasteiger partial charge >= 0.3 is 3.98 Å². The molecular formula is C30H34INO10. The quantitative estimate of drug-likeness (QED) is 0.127. The van der Waals surface area contributed by atoms with Gasteiger partial charge in [0.2, 0.25) is 0 Å². The van der Waals surface area contributed by atoms with E-state index in [-0.39, 0.29) is 25.0 Å². The van der Waals surface area contributed by atoms with Crippen LogP contribution in [0.4, 0.5) is 4.79 Å². The molecule has 0 aromatic heterocycles. The van der Waals surface area contributed by atoms with Crippen molar-refractivity contribution < 1.29 is 43.9 Å². The molecule has 3 N–H and O–H groups in total. The number of ketones is 1. The zero-order valence-electron chi connectivity index (χ0n) is 23.2. The van der Waals surface area contributed by atoms with Gasteiger partial charge < -0.3 is 34.3 Å². The summed E-state index contributed by atoms with van der Waals surface area (Å²) in [6.45, 7) is 6.88. The first-order chi connectivity index (χ1) is 20.0. The Morgan fingerprint density at radius 1 is 1.26 bits per heavy atom. The first kappa shape index (κ1) is 29.9. The van der Waals surface area contributed by atoms with Crippen molar-refractivity contribution in [2.45, 2.75) is 80.7 Å². The lowest BCUT2D eigenvalue weighted by Crippen LogP contribution is -2.80. The van der Waals surface area contributed by atoms with Crippen molar-refractivity contribution >= 4 is 35.0 Å². The second-order valence-electron chi connectivity index (χ2n) is 12.1. The van der Waals surface area contributed by atoms with Gasteiger partial charge in [0, 0.05) is 24.7 Å². The second kappa shape index (κ2) is 10.5. The van der Waals surface area contributed by atoms with Crippen molar-refractivity contribution in [3.05, 3.63) is 64.6 Å². The van der Waals surface area contributed by atoms with Crippen LogP contribution >= 0.6 is 20.7 Å². The zero-order chi connectivity index (χ0) is 30.2. The van der Waals surface area contributed by atoms with Crippen molar-refractivity contribution in [2.75, 3.05) is 6.61 Å². The SMILES string of the molecule is C=C[C@H]1C2=C(C)[C@@H](O)C[C@@]1(O)[C@@H](OC1OC1c1ccccc1)[C@@H]1[C@]3(OC(=O)I=C)CO[C@@H]3C[C@H](O)[C@@]1(C)C(=O)[C@@H]2N=O. The molecule has 2 aliphatic heterocycles. The van der Waals surface area contributed by atoms with E-state index >= 15 is 0 Å². The van der Waals surface area contributed by atoms with E-state index in [1.807, 2.05) is 30.3 Å². The molecule has 1 aromatic carbocycles. The Bertz CT molecular complexity index is 1370. The maximum absolute atomic E-state index is 14.6. The Morgan fingerprint density at radius 3 is 2.57 bits per heavy atom. The topological polar surface area (TPSA) is 164 Å². The van der Waals surface area contributed by atoms with Gasteiger partial charge in [0.15, 0.2) is 23.7 Å². The van der Waals surface area contributed by atoms with E-state index in [2.05, 4.69) is 16.3 Å². The third-order valence-electron chi connectivity index (χ3n) is 10.2. The summed E-state index contributed by atoms with van der Waals surface area (Å²) in [6, 6.07) is 7.68. The van der Waals surface area contributed by atoms with Crippen LogP contribution in [-0.4, -0.2) is 84.2 Å². The zero-order valence-corrected chi connectivity index (χ0v) is 25.4. The van der Waals surface area contributed by atoms with Gasteiger partial charge in [-0.1, -0.05) is 46.1 Å². The standard InChI is InChI=1S/C30H34INO10/c1-5-16-20-14(2)17(33)12-29(16,37)25(41-26-22(40-26)15-9-7-6-8-10-15)23-28(3,24(35)21(20)32-38)18(34)11-19-30(23,13-39-19)42-27(36)31-4/h5-10,16-19,21-23,25-26,33-34,37H,1,4,11-13H2,2-3H3/t16-,17-,18-,19+,21+,22?,23-,25-,26?,28+,29-,30-/m0/s1. The molecule has 2 bridgehead atoms. The summed E-state index contributed by atoms with van der Waals surface area (Å²) in [5.41, 5.74) is -3.96. The molecule has 12 heteroatoms. The highest BCUT2D eigenvalue weighted by atomic mass is 127. The number of halogens is 1. The number of hydrogen-bond acceptors (Lipinski definition) is 11. The highest BCUT2D eigenvalue weighted by Crippen LogP contribution is 2.63. The molecule has 0 spiro atoms. The summed E-state index contributed by atoms with van der Waals surface area (Å²) in [7, 11) is 0. The molecule has 2 saturated heterocycles. The summed E-state index contributed by atoms with van der Waals surface area (Å²) in [5, 5.41) is 38.8. The van der Waals surface area contributed by atoms with Crippen molar-refractivity contribution in [2.24, 2.45) is 22.4 Å². The van der Waals surface area contributed by atoms with Crippen molar-refractivity contribution in [1.82, 2.24) is 0 Å². The van der Waals surface area contributed by atoms with Crippen LogP contribution in [0.2, 0.25) is 0 Å². The van der Waals surface area contributed by atoms with E-state index < -0.39 is 102 Å². The Hall–Kier alpha value is -2.20. The van der Waals surface area contributed by atoms with E-state index in [1.54, 1.807) is 6.92 Å². The van der Waals surface area contributed by atoms with Crippen molar-refractivity contribution in [1.29, 1.82) is 0 Å². The highest BCUT2D eigenvalue weighted by Gasteiger charge is 2.77. The van der Waals surface area contributed by atoms with Gasteiger partial charge in [-0.25, -0.2) is 4.79 Å². The fourth-order valence-electron chi connectivity index (χ4n) is 7.87. The number of carbonyl (C=O) groups is 2. The lowest BCUT2D eigenvalue weighted by atomic mass is 9.46. The van der Waals surface area contributed by atoms with E-state index in [9.17, 15) is 29.8 Å². The average molecular weight is 696 g/mol. The lowest BCUT2D eigenvalue weighted by molar-refractivity contribution is -0.342. The van der Waals surface area contributed by atoms with Crippen LogP contribution in [-0.2, 0) is 23.7 Å². The molecule has 0 radical (unpaired) electrons. The Morgan fingerprint density at radius 2 is 1.98 bits per heavy atom. The number of nitrogens with zero attached hydrogens (tertiary/aromatic N) is 1. The molecule has 2 saturated carbocycles. The fraction of sp³-hybridized carbons (Fsp3) is 0.567. The van der Waals surface area contributed by atoms with Crippen molar-refractivity contribution in [3.8, 4) is 0 Å². The van der Waals surface area contributed by atoms with E-state index in [4.69, 9.17) is 18.9 Å². The predicted octanol–water partition coefficient (Wildman–Crippen LogP) is 2.87. The molecule has 12 atom stereocenters. The minimum atomic E-state index is -1.98. The third-order valence-corrected chi connectivity index (χ3v) is 11.0. The van der Waals surface area contributed by atoms with Gasteiger partial charge in [-0.3, -0.25) is 4.79 Å². The predicted molar refractivity (Wildman–Crippen MR) is 158 cm³/mol. The Balaban J connectivity index is 1.58. The molecule has 5 aliphatic rings. The molecule has 1 aromatic rings. The van der Waals surface area contributed by atoms with Crippen LogP contribution in [0.25, 0.3) is 0 Å². The molecule has 4 fully saturated rings. The van der Waals surface area contributed by atoms with Crippen LogP contribution in [0.3, 0.4) is 0 Å². The van der Waals surface area contributed by atoms with Gasteiger partial charge in [-0.05, 0) is 51.3 Å². The van der Waals surface area contributed by atoms with E-state index in [0.29, 0.717) is 5.57 Å². The molecule has 2 heterocycles. The Labute approximate surface area is 252 Å². The fourth-order valence-corrected chi connectivity index (χ4v) is 8.43. The third kappa shape index (κ3) is 4.10. The number of hydrogen-bond donors (Lipinski definition) is 3. The number of rotatable bonds is 7. The maximum Gasteiger partial charge on any atom is 0.361 e. The molecular weight excluding hydrogens is 661 g/mol. The number of carbonyl (C=O) groups excluding carboxylic acids is 2. The number of fused-ring (bicyclic) bond motifs is 5. The number of ether oxygens (including phenoxy) is 4. The van der Waals surface area contributed by atoms with Crippen molar-refractivity contribution in [3.63, 3.8) is 0 Å². The number of aliphatic hydroxyl groups is 3. The van der Waals surface area contributed by atoms with Gasteiger partial charge in [0.25, 0.3) is 0 Å². The molecule has 0 amide bonds. The maximum atomic E-state index is 14.6. The van der Waals surface area contributed by atoms with Crippen LogP contribution in [0.5, 0.6) is 0 Å². The molecule has 2 unspecified atom stereocenters. The van der Waals surface area contributed by atoms with Crippen LogP contribution in [0.1, 0.15) is 38.4 Å². The van der Waals surface area contributed by atoms with Crippen LogP contribution in [0, 0.1) is 22.2 Å². The number of epoxide rings is 1. The highest BCUT2D eigenvalue weighted by molar-refractivity contribution is 14.2. The summed E-state index contributed by atoms with van der Waals surface area (Å²) in [4.78, 5) is 39.9. The minimum absolute atomic E-state index is 0.0592. The normalized spacial score (nSPS) is 45.8. The first-order valence-electron chi connectivity index (χ1n) is 13.8. The summed E-state index contributed by atoms with van der Waals surface area (Å²) in [5.74, 6) is -2.98. The van der Waals surface area contributed by atoms with Gasteiger partial charge in [-0.15, -0.1) is 11.5 Å². The van der Waals surface area contributed by atoms with E-state index in [1.165, 1.54) is 13.0 Å².